The fourth-order valence-corrected chi connectivity index (χ4v) is 2.20. The Morgan fingerprint density at radius 3 is 2.94 bits per heavy atom. The molecule has 4 heteroatoms. The highest BCUT2D eigenvalue weighted by molar-refractivity contribution is 5.95. The van der Waals surface area contributed by atoms with E-state index in [1.54, 1.807) is 0 Å². The van der Waals surface area contributed by atoms with Crippen LogP contribution in [0.4, 0.5) is 17.1 Å². The summed E-state index contributed by atoms with van der Waals surface area (Å²) in [4.78, 5) is 11.3. The molecule has 1 aliphatic rings. The number of nitrogen functional groups attached to an aromatic ring is 1. The van der Waals surface area contributed by atoms with Crippen LogP contribution in [0.5, 0.6) is 0 Å². The van der Waals surface area contributed by atoms with E-state index in [-0.39, 0.29) is 5.91 Å². The predicted molar refractivity (Wildman–Crippen MR) is 75.8 cm³/mol. The van der Waals surface area contributed by atoms with Gasteiger partial charge in [0, 0.05) is 18.7 Å². The summed E-state index contributed by atoms with van der Waals surface area (Å²) < 4.78 is 0. The van der Waals surface area contributed by atoms with Crippen LogP contribution in [0.1, 0.15) is 38.2 Å². The fourth-order valence-electron chi connectivity index (χ4n) is 2.20. The van der Waals surface area contributed by atoms with Crippen LogP contribution in [0.3, 0.4) is 0 Å². The standard InChI is InChI=1S/C14H21N3O/c1-2-3-4-7-16-13-8-10-5-6-14(18)17-12(10)9-11(13)15/h8-9,16H,2-7,15H2,1H3,(H,17,18). The Morgan fingerprint density at radius 1 is 1.33 bits per heavy atom. The van der Waals surface area contributed by atoms with Gasteiger partial charge in [-0.15, -0.1) is 0 Å². The molecule has 1 aromatic rings. The van der Waals surface area contributed by atoms with Gasteiger partial charge in [0.25, 0.3) is 0 Å². The minimum Gasteiger partial charge on any atom is -0.397 e. The van der Waals surface area contributed by atoms with Crippen LogP contribution in [0.15, 0.2) is 12.1 Å². The molecule has 0 saturated heterocycles. The maximum atomic E-state index is 11.3. The van der Waals surface area contributed by atoms with Crippen molar-refractivity contribution in [2.24, 2.45) is 0 Å². The van der Waals surface area contributed by atoms with E-state index in [2.05, 4.69) is 23.6 Å². The Balaban J connectivity index is 2.05. The van der Waals surface area contributed by atoms with E-state index in [0.29, 0.717) is 12.1 Å². The molecule has 0 radical (unpaired) electrons. The number of nitrogens with two attached hydrogens (primary N) is 1. The largest absolute Gasteiger partial charge is 0.397 e. The van der Waals surface area contributed by atoms with Gasteiger partial charge in [0.2, 0.25) is 5.91 Å². The number of carbonyl (C=O) groups is 1. The Labute approximate surface area is 108 Å². The first-order valence-electron chi connectivity index (χ1n) is 6.67. The number of hydrogen-bond donors (Lipinski definition) is 3. The van der Waals surface area contributed by atoms with Crippen LogP contribution < -0.4 is 16.4 Å². The molecule has 98 valence electrons. The normalized spacial score (nSPS) is 13.9. The molecule has 0 unspecified atom stereocenters. The number of rotatable bonds is 5. The van der Waals surface area contributed by atoms with Gasteiger partial charge in [0.05, 0.1) is 11.4 Å². The quantitative estimate of drug-likeness (QED) is 0.553. The van der Waals surface area contributed by atoms with Crippen LogP contribution in [-0.2, 0) is 11.2 Å². The molecule has 18 heavy (non-hydrogen) atoms. The molecule has 0 aliphatic carbocycles. The van der Waals surface area contributed by atoms with Gasteiger partial charge >= 0.3 is 0 Å². The summed E-state index contributed by atoms with van der Waals surface area (Å²) >= 11 is 0. The lowest BCUT2D eigenvalue weighted by molar-refractivity contribution is -0.116. The Bertz CT molecular complexity index is 443. The van der Waals surface area contributed by atoms with Crippen LogP contribution in [0.25, 0.3) is 0 Å². The second kappa shape index (κ2) is 5.76. The minimum atomic E-state index is 0.0746. The lowest BCUT2D eigenvalue weighted by Gasteiger charge is -2.19. The number of benzene rings is 1. The zero-order valence-corrected chi connectivity index (χ0v) is 10.9. The van der Waals surface area contributed by atoms with E-state index in [1.807, 2.05) is 6.07 Å². The van der Waals surface area contributed by atoms with Crippen molar-refractivity contribution in [2.75, 3.05) is 22.9 Å². The van der Waals surface area contributed by atoms with Gasteiger partial charge in [-0.25, -0.2) is 0 Å². The third-order valence-electron chi connectivity index (χ3n) is 3.27. The molecule has 1 aliphatic heterocycles. The molecule has 0 spiro atoms. The highest BCUT2D eigenvalue weighted by Crippen LogP contribution is 2.30. The summed E-state index contributed by atoms with van der Waals surface area (Å²) in [6, 6.07) is 3.92. The summed E-state index contributed by atoms with van der Waals surface area (Å²) in [5, 5.41) is 6.23. The van der Waals surface area contributed by atoms with E-state index in [4.69, 9.17) is 5.73 Å². The number of amides is 1. The third-order valence-corrected chi connectivity index (χ3v) is 3.27. The first kappa shape index (κ1) is 12.7. The molecule has 0 aromatic heterocycles. The lowest BCUT2D eigenvalue weighted by atomic mass is 10.0. The third kappa shape index (κ3) is 2.94. The van der Waals surface area contributed by atoms with Crippen molar-refractivity contribution in [3.63, 3.8) is 0 Å². The second-order valence-electron chi connectivity index (χ2n) is 4.78. The Kier molecular flexibility index (Phi) is 4.07. The Hall–Kier alpha value is -1.71. The maximum Gasteiger partial charge on any atom is 0.224 e. The van der Waals surface area contributed by atoms with Crippen molar-refractivity contribution in [3.05, 3.63) is 17.7 Å². The van der Waals surface area contributed by atoms with E-state index < -0.39 is 0 Å². The number of carbonyl (C=O) groups excluding carboxylic acids is 1. The molecular weight excluding hydrogens is 226 g/mol. The van der Waals surface area contributed by atoms with E-state index in [1.165, 1.54) is 18.4 Å². The molecular formula is C14H21N3O. The molecule has 2 rings (SSSR count). The van der Waals surface area contributed by atoms with E-state index >= 15 is 0 Å². The van der Waals surface area contributed by atoms with Gasteiger partial charge in [-0.1, -0.05) is 19.8 Å². The van der Waals surface area contributed by atoms with Crippen molar-refractivity contribution in [2.45, 2.75) is 39.0 Å². The molecule has 4 nitrogen and oxygen atoms in total. The summed E-state index contributed by atoms with van der Waals surface area (Å²) in [7, 11) is 0. The zero-order valence-electron chi connectivity index (χ0n) is 10.9. The molecule has 0 atom stereocenters. The Morgan fingerprint density at radius 2 is 2.17 bits per heavy atom. The second-order valence-corrected chi connectivity index (χ2v) is 4.78. The van der Waals surface area contributed by atoms with Gasteiger partial charge < -0.3 is 16.4 Å². The highest BCUT2D eigenvalue weighted by Gasteiger charge is 2.16. The number of nitrogens with one attached hydrogen (secondary N) is 2. The van der Waals surface area contributed by atoms with Gasteiger partial charge in [0.15, 0.2) is 0 Å². The van der Waals surface area contributed by atoms with Gasteiger partial charge in [-0.05, 0) is 30.5 Å². The number of fused-ring (bicyclic) bond motifs is 1. The van der Waals surface area contributed by atoms with Crippen LogP contribution in [0, 0.1) is 0 Å². The minimum absolute atomic E-state index is 0.0746. The van der Waals surface area contributed by atoms with E-state index in [0.717, 1.165) is 30.8 Å². The average Bonchev–Trinajstić information content (AvgIpc) is 2.35. The number of hydrogen-bond acceptors (Lipinski definition) is 3. The summed E-state index contributed by atoms with van der Waals surface area (Å²) in [5.41, 5.74) is 9.71. The SMILES string of the molecule is CCCCCNc1cc2c(cc1N)NC(=O)CC2. The lowest BCUT2D eigenvalue weighted by Crippen LogP contribution is -2.19. The first-order chi connectivity index (χ1) is 8.70. The van der Waals surface area contributed by atoms with Crippen LogP contribution in [-0.4, -0.2) is 12.5 Å². The maximum absolute atomic E-state index is 11.3. The number of unbranched alkanes of at least 4 members (excludes halogenated alkanes) is 2. The van der Waals surface area contributed by atoms with Crippen molar-refractivity contribution in [3.8, 4) is 0 Å². The first-order valence-corrected chi connectivity index (χ1v) is 6.67. The molecule has 0 fully saturated rings. The molecule has 4 N–H and O–H groups in total. The fraction of sp³-hybridized carbons (Fsp3) is 0.500. The van der Waals surface area contributed by atoms with Crippen LogP contribution in [0.2, 0.25) is 0 Å². The number of aryl methyl sites for hydroxylation is 1. The monoisotopic (exact) mass is 247 g/mol. The van der Waals surface area contributed by atoms with Gasteiger partial charge in [0.1, 0.15) is 0 Å². The number of anilines is 3. The smallest absolute Gasteiger partial charge is 0.224 e. The van der Waals surface area contributed by atoms with E-state index in [9.17, 15) is 4.79 Å². The predicted octanol–water partition coefficient (Wildman–Crippen LogP) is 2.76. The van der Waals surface area contributed by atoms with Crippen molar-refractivity contribution in [1.29, 1.82) is 0 Å². The molecule has 0 saturated carbocycles. The topological polar surface area (TPSA) is 67.2 Å². The molecule has 1 aromatic carbocycles. The van der Waals surface area contributed by atoms with Crippen LogP contribution >= 0.6 is 0 Å². The van der Waals surface area contributed by atoms with Crippen molar-refractivity contribution >= 4 is 23.0 Å². The van der Waals surface area contributed by atoms with Crippen molar-refractivity contribution in [1.82, 2.24) is 0 Å². The molecule has 1 heterocycles. The van der Waals surface area contributed by atoms with Crippen molar-refractivity contribution < 1.29 is 4.79 Å². The highest BCUT2D eigenvalue weighted by atomic mass is 16.1. The van der Waals surface area contributed by atoms with Gasteiger partial charge in [-0.3, -0.25) is 4.79 Å². The summed E-state index contributed by atoms with van der Waals surface area (Å²) in [6.07, 6.45) is 4.96. The molecule has 1 amide bonds. The van der Waals surface area contributed by atoms with Gasteiger partial charge in [-0.2, -0.15) is 0 Å². The summed E-state index contributed by atoms with van der Waals surface area (Å²) in [6.45, 7) is 3.14. The zero-order chi connectivity index (χ0) is 13.0. The average molecular weight is 247 g/mol. The summed E-state index contributed by atoms with van der Waals surface area (Å²) in [5.74, 6) is 0.0746. The molecule has 0 bridgehead atoms.